The van der Waals surface area contributed by atoms with Crippen LogP contribution in [-0.4, -0.2) is 37.1 Å². The second kappa shape index (κ2) is 8.70. The Morgan fingerprint density at radius 1 is 1.06 bits per heavy atom. The molecular weight excluding hydrogens is 476 g/mol. The molecule has 2 aliphatic rings. The number of hydrogen-bond acceptors (Lipinski definition) is 5. The summed E-state index contributed by atoms with van der Waals surface area (Å²) < 4.78 is 32.9. The van der Waals surface area contributed by atoms with E-state index < -0.39 is 34.2 Å². The summed E-state index contributed by atoms with van der Waals surface area (Å²) in [4.78, 5) is 40.8. The molecule has 35 heavy (non-hydrogen) atoms. The van der Waals surface area contributed by atoms with Crippen molar-refractivity contribution < 1.29 is 27.9 Å². The lowest BCUT2D eigenvalue weighted by Gasteiger charge is -2.33. The molecule has 1 fully saturated rings. The van der Waals surface area contributed by atoms with E-state index in [9.17, 15) is 23.2 Å². The van der Waals surface area contributed by atoms with Gasteiger partial charge in [0.25, 0.3) is 5.91 Å². The van der Waals surface area contributed by atoms with Gasteiger partial charge in [-0.2, -0.15) is 0 Å². The van der Waals surface area contributed by atoms with Crippen LogP contribution in [0.25, 0.3) is 0 Å². The van der Waals surface area contributed by atoms with Crippen molar-refractivity contribution in [3.05, 3.63) is 83.9 Å². The molecule has 3 aromatic rings. The van der Waals surface area contributed by atoms with Crippen molar-refractivity contribution in [1.82, 2.24) is 0 Å². The molecule has 0 bridgehead atoms. The van der Waals surface area contributed by atoms with E-state index in [2.05, 4.69) is 5.32 Å². The minimum absolute atomic E-state index is 0.0413. The molecular formula is C25H19F2N3O4S. The van der Waals surface area contributed by atoms with E-state index in [4.69, 9.17) is 4.74 Å². The first-order valence-corrected chi connectivity index (χ1v) is 11.6. The van der Waals surface area contributed by atoms with Crippen molar-refractivity contribution in [1.29, 1.82) is 0 Å². The molecule has 0 aromatic heterocycles. The maximum atomic E-state index is 14.1. The number of amides is 3. The van der Waals surface area contributed by atoms with Gasteiger partial charge in [0, 0.05) is 17.3 Å². The molecule has 3 amide bonds. The van der Waals surface area contributed by atoms with Gasteiger partial charge in [0.15, 0.2) is 11.6 Å². The highest BCUT2D eigenvalue weighted by Gasteiger charge is 2.61. The molecule has 1 N–H and O–H groups in total. The number of hydrogen-bond donors (Lipinski definition) is 1. The Morgan fingerprint density at radius 3 is 2.57 bits per heavy atom. The highest BCUT2D eigenvalue weighted by atomic mass is 32.2. The summed E-state index contributed by atoms with van der Waals surface area (Å²) in [5.74, 6) is -3.18. The van der Waals surface area contributed by atoms with Crippen molar-refractivity contribution in [2.24, 2.45) is 0 Å². The first kappa shape index (κ1) is 22.9. The lowest BCUT2D eigenvalue weighted by molar-refractivity contribution is -0.124. The van der Waals surface area contributed by atoms with Gasteiger partial charge in [-0.05, 0) is 30.3 Å². The van der Waals surface area contributed by atoms with Crippen LogP contribution in [0.3, 0.4) is 0 Å². The predicted molar refractivity (Wildman–Crippen MR) is 128 cm³/mol. The summed E-state index contributed by atoms with van der Waals surface area (Å²) in [5, 5.41) is 2.75. The number of anilines is 3. The number of halogens is 2. The van der Waals surface area contributed by atoms with Gasteiger partial charge in [0.2, 0.25) is 16.7 Å². The summed E-state index contributed by atoms with van der Waals surface area (Å²) >= 11 is 1.08. The quantitative estimate of drug-likeness (QED) is 0.581. The molecule has 2 heterocycles. The van der Waals surface area contributed by atoms with Crippen LogP contribution < -0.4 is 19.9 Å². The van der Waals surface area contributed by atoms with Crippen LogP contribution in [-0.2, 0) is 19.3 Å². The number of carbonyl (C=O) groups excluding carboxylic acids is 3. The van der Waals surface area contributed by atoms with Gasteiger partial charge >= 0.3 is 0 Å². The number of ether oxygens (including phenoxy) is 1. The van der Waals surface area contributed by atoms with Crippen molar-refractivity contribution in [3.8, 4) is 5.75 Å². The van der Waals surface area contributed by atoms with Gasteiger partial charge in [0.05, 0.1) is 24.2 Å². The largest absolute Gasteiger partial charge is 0.495 e. The third-order valence-corrected chi connectivity index (χ3v) is 7.29. The highest BCUT2D eigenvalue weighted by Crippen LogP contribution is 2.55. The smallest absolute Gasteiger partial charge is 0.269 e. The second-order valence-electron chi connectivity index (χ2n) is 7.92. The van der Waals surface area contributed by atoms with Crippen molar-refractivity contribution in [2.45, 2.75) is 4.87 Å². The number of fused-ring (bicyclic) bond motifs is 2. The molecule has 10 heteroatoms. The molecule has 1 unspecified atom stereocenters. The molecule has 0 saturated carbocycles. The van der Waals surface area contributed by atoms with Gasteiger partial charge < -0.3 is 10.1 Å². The Hall–Kier alpha value is -3.92. The average Bonchev–Trinajstić information content (AvgIpc) is 3.32. The monoisotopic (exact) mass is 495 g/mol. The Labute approximate surface area is 203 Å². The molecule has 1 atom stereocenters. The van der Waals surface area contributed by atoms with Crippen LogP contribution in [0.2, 0.25) is 0 Å². The fourth-order valence-electron chi connectivity index (χ4n) is 4.42. The molecule has 3 aromatic carbocycles. The number of nitrogens with zero attached hydrogens (tertiary/aromatic N) is 2. The third-order valence-electron chi connectivity index (χ3n) is 5.91. The van der Waals surface area contributed by atoms with Gasteiger partial charge in [-0.15, -0.1) is 11.8 Å². The molecule has 2 aliphatic heterocycles. The van der Waals surface area contributed by atoms with Crippen LogP contribution >= 0.6 is 11.8 Å². The first-order chi connectivity index (χ1) is 16.9. The molecule has 7 nitrogen and oxygen atoms in total. The number of nitrogens with one attached hydrogen (secondary N) is 1. The van der Waals surface area contributed by atoms with E-state index in [1.165, 1.54) is 23.0 Å². The predicted octanol–water partition coefficient (Wildman–Crippen LogP) is 3.89. The van der Waals surface area contributed by atoms with E-state index in [-0.39, 0.29) is 18.0 Å². The first-order valence-electron chi connectivity index (χ1n) is 10.6. The standard InChI is InChI=1S/C25H19F2N3O4S/c1-34-21-9-5-3-7-19(21)28-22(31)13-29-20-8-4-2-6-16(20)25(24(29)33)30(23(32)14-35-25)15-10-11-17(26)18(27)12-15/h2-12H,13-14H2,1H3,(H,28,31). The van der Waals surface area contributed by atoms with Crippen LogP contribution in [0, 0.1) is 11.6 Å². The van der Waals surface area contributed by atoms with Gasteiger partial charge in [0.1, 0.15) is 12.3 Å². The van der Waals surface area contributed by atoms with Crippen LogP contribution in [0.4, 0.5) is 25.8 Å². The van der Waals surface area contributed by atoms with E-state index in [0.29, 0.717) is 22.7 Å². The average molecular weight is 496 g/mol. The minimum atomic E-state index is -1.54. The van der Waals surface area contributed by atoms with Gasteiger partial charge in [-0.1, -0.05) is 30.3 Å². The summed E-state index contributed by atoms with van der Waals surface area (Å²) in [7, 11) is 1.48. The van der Waals surface area contributed by atoms with E-state index in [1.807, 2.05) is 0 Å². The van der Waals surface area contributed by atoms with Crippen LogP contribution in [0.1, 0.15) is 5.56 Å². The number of methoxy groups -OCH3 is 1. The van der Waals surface area contributed by atoms with Gasteiger partial charge in [-0.25, -0.2) is 8.78 Å². The Kier molecular flexibility index (Phi) is 5.68. The molecule has 0 radical (unpaired) electrons. The number of para-hydroxylation sites is 3. The van der Waals surface area contributed by atoms with Gasteiger partial charge in [-0.3, -0.25) is 24.2 Å². The normalized spacial score (nSPS) is 18.8. The fourth-order valence-corrected chi connectivity index (χ4v) is 5.78. The van der Waals surface area contributed by atoms with Crippen molar-refractivity contribution in [3.63, 3.8) is 0 Å². The highest BCUT2D eigenvalue weighted by molar-refractivity contribution is 8.02. The SMILES string of the molecule is COc1ccccc1NC(=O)CN1C(=O)C2(SCC(=O)N2c2ccc(F)c(F)c2)c2ccccc21. The second-order valence-corrected chi connectivity index (χ2v) is 9.09. The van der Waals surface area contributed by atoms with E-state index in [0.717, 1.165) is 23.9 Å². The molecule has 0 aliphatic carbocycles. The summed E-state index contributed by atoms with van der Waals surface area (Å²) in [6.07, 6.45) is 0. The third kappa shape index (κ3) is 3.61. The summed E-state index contributed by atoms with van der Waals surface area (Å²) in [6, 6.07) is 16.8. The number of benzene rings is 3. The lowest BCUT2D eigenvalue weighted by Crippen LogP contribution is -2.51. The number of thioether (sulfide) groups is 1. The molecule has 1 saturated heterocycles. The van der Waals surface area contributed by atoms with Crippen LogP contribution in [0.15, 0.2) is 66.7 Å². The Bertz CT molecular complexity index is 1370. The lowest BCUT2D eigenvalue weighted by atomic mass is 10.0. The minimum Gasteiger partial charge on any atom is -0.495 e. The molecule has 178 valence electrons. The summed E-state index contributed by atoms with van der Waals surface area (Å²) in [6.45, 7) is -0.323. The number of rotatable bonds is 5. The topological polar surface area (TPSA) is 79.0 Å². The zero-order valence-corrected chi connectivity index (χ0v) is 19.3. The fraction of sp³-hybridized carbons (Fsp3) is 0.160. The zero-order chi connectivity index (χ0) is 24.7. The van der Waals surface area contributed by atoms with Crippen molar-refractivity contribution in [2.75, 3.05) is 34.5 Å². The molecule has 5 rings (SSSR count). The van der Waals surface area contributed by atoms with Crippen molar-refractivity contribution >= 4 is 46.5 Å². The van der Waals surface area contributed by atoms with E-state index >= 15 is 0 Å². The Morgan fingerprint density at radius 2 is 1.80 bits per heavy atom. The summed E-state index contributed by atoms with van der Waals surface area (Å²) in [5.41, 5.74) is 1.46. The maximum absolute atomic E-state index is 14.1. The zero-order valence-electron chi connectivity index (χ0n) is 18.5. The van der Waals surface area contributed by atoms with E-state index in [1.54, 1.807) is 48.5 Å². The number of carbonyl (C=O) groups is 3. The maximum Gasteiger partial charge on any atom is 0.269 e. The van der Waals surface area contributed by atoms with Crippen LogP contribution in [0.5, 0.6) is 5.75 Å². The molecule has 1 spiro atoms. The Balaban J connectivity index is 1.52.